The number of hydrogen-bond acceptors (Lipinski definition) is 5. The average Bonchev–Trinajstić information content (AvgIpc) is 3.87. The summed E-state index contributed by atoms with van der Waals surface area (Å²) in [6, 6.07) is 54.8. The maximum absolute atomic E-state index is 6.36. The van der Waals surface area contributed by atoms with Crippen molar-refractivity contribution >= 4 is 75.3 Å². The molecule has 6 heteroatoms. The van der Waals surface area contributed by atoms with Gasteiger partial charge in [0.15, 0.2) is 17.5 Å². The van der Waals surface area contributed by atoms with Crippen molar-refractivity contribution in [3.8, 4) is 39.9 Å². The lowest BCUT2D eigenvalue weighted by Crippen LogP contribution is -2.01. The lowest BCUT2D eigenvalue weighted by molar-refractivity contribution is 0.669. The third-order valence-electron chi connectivity index (χ3n) is 9.84. The largest absolute Gasteiger partial charge is 0.456 e. The van der Waals surface area contributed by atoms with Gasteiger partial charge in [0.25, 0.3) is 0 Å². The first-order chi connectivity index (χ1) is 25.3. The summed E-state index contributed by atoms with van der Waals surface area (Å²) in [5.41, 5.74) is 7.93. The number of thiophene rings is 1. The summed E-state index contributed by atoms with van der Waals surface area (Å²) in [6.07, 6.45) is 0. The standard InChI is InChI=1S/C45H26N4OS/c1-3-13-27(14-4-1)43-46-44(28-15-5-2-6-16-28)48-45(47-43)34-26-29(25-33-30-17-9-12-22-39(30)51-42(33)34)49-35-20-10-7-18-31(35)40-36(49)23-24-38-41(40)32-19-8-11-21-37(32)50-38/h1-26H. The molecule has 0 N–H and O–H groups in total. The molecule has 0 bridgehead atoms. The van der Waals surface area contributed by atoms with Gasteiger partial charge in [0.1, 0.15) is 11.2 Å². The van der Waals surface area contributed by atoms with Crippen LogP contribution >= 0.6 is 11.3 Å². The number of furan rings is 1. The molecule has 0 atom stereocenters. The number of hydrogen-bond donors (Lipinski definition) is 0. The Kier molecular flexibility index (Phi) is 6.05. The van der Waals surface area contributed by atoms with Gasteiger partial charge in [-0.05, 0) is 42.5 Å². The first-order valence-corrected chi connectivity index (χ1v) is 17.8. The molecule has 51 heavy (non-hydrogen) atoms. The predicted octanol–water partition coefficient (Wildman–Crippen LogP) is 12.2. The molecule has 4 aromatic heterocycles. The minimum Gasteiger partial charge on any atom is -0.456 e. The van der Waals surface area contributed by atoms with E-state index < -0.39 is 0 Å². The van der Waals surface area contributed by atoms with E-state index in [-0.39, 0.29) is 0 Å². The molecule has 238 valence electrons. The van der Waals surface area contributed by atoms with E-state index in [0.29, 0.717) is 17.5 Å². The highest BCUT2D eigenvalue weighted by Gasteiger charge is 2.22. The highest BCUT2D eigenvalue weighted by atomic mass is 32.1. The lowest BCUT2D eigenvalue weighted by atomic mass is 10.1. The van der Waals surface area contributed by atoms with E-state index in [2.05, 4.69) is 114 Å². The predicted molar refractivity (Wildman–Crippen MR) is 211 cm³/mol. The smallest absolute Gasteiger partial charge is 0.165 e. The van der Waals surface area contributed by atoms with Gasteiger partial charge in [-0.2, -0.15) is 0 Å². The first kappa shape index (κ1) is 28.2. The van der Waals surface area contributed by atoms with Crippen LogP contribution in [0.1, 0.15) is 0 Å². The zero-order chi connectivity index (χ0) is 33.5. The third kappa shape index (κ3) is 4.30. The highest BCUT2D eigenvalue weighted by molar-refractivity contribution is 7.26. The minimum absolute atomic E-state index is 0.644. The molecular weight excluding hydrogens is 645 g/mol. The van der Waals surface area contributed by atoms with Gasteiger partial charge in [0, 0.05) is 64.1 Å². The average molecular weight is 671 g/mol. The molecule has 4 heterocycles. The summed E-state index contributed by atoms with van der Waals surface area (Å²) >= 11 is 1.78. The van der Waals surface area contributed by atoms with Crippen molar-refractivity contribution in [3.05, 3.63) is 158 Å². The van der Waals surface area contributed by atoms with E-state index in [9.17, 15) is 0 Å². The molecular formula is C45H26N4OS. The monoisotopic (exact) mass is 670 g/mol. The maximum Gasteiger partial charge on any atom is 0.165 e. The molecule has 11 rings (SSSR count). The van der Waals surface area contributed by atoms with Gasteiger partial charge in [-0.3, -0.25) is 0 Å². The van der Waals surface area contributed by atoms with E-state index in [1.54, 1.807) is 11.3 Å². The SMILES string of the molecule is c1ccc(-c2nc(-c3ccccc3)nc(-c3cc(-n4c5ccccc5c5c6c(ccc54)oc4ccccc46)cc4c3sc3ccccc34)n2)cc1. The van der Waals surface area contributed by atoms with Crippen molar-refractivity contribution in [1.29, 1.82) is 0 Å². The van der Waals surface area contributed by atoms with E-state index in [0.717, 1.165) is 60.0 Å². The Bertz CT molecular complexity index is 3080. The third-order valence-corrected chi connectivity index (χ3v) is 11.1. The van der Waals surface area contributed by atoms with Gasteiger partial charge < -0.3 is 8.98 Å². The molecule has 0 fully saturated rings. The number of nitrogens with zero attached hydrogens (tertiary/aromatic N) is 4. The fraction of sp³-hybridized carbons (Fsp3) is 0. The quantitative estimate of drug-likeness (QED) is 0.187. The van der Waals surface area contributed by atoms with Crippen LogP contribution in [0.5, 0.6) is 0 Å². The number of fused-ring (bicyclic) bond motifs is 10. The Labute approximate surface area is 295 Å². The normalized spacial score (nSPS) is 11.9. The maximum atomic E-state index is 6.36. The van der Waals surface area contributed by atoms with Crippen molar-refractivity contribution in [2.75, 3.05) is 0 Å². The summed E-state index contributed by atoms with van der Waals surface area (Å²) in [5, 5.41) is 7.00. The van der Waals surface area contributed by atoms with Crippen molar-refractivity contribution in [2.45, 2.75) is 0 Å². The Morgan fingerprint density at radius 1 is 0.451 bits per heavy atom. The van der Waals surface area contributed by atoms with Crippen LogP contribution in [0, 0.1) is 0 Å². The fourth-order valence-electron chi connectivity index (χ4n) is 7.59. The first-order valence-electron chi connectivity index (χ1n) is 16.9. The molecule has 0 radical (unpaired) electrons. The molecule has 0 saturated heterocycles. The number of rotatable bonds is 4. The second kappa shape index (κ2) is 10.9. The Morgan fingerprint density at radius 2 is 1.08 bits per heavy atom. The van der Waals surface area contributed by atoms with Crippen LogP contribution in [0.25, 0.3) is 104 Å². The van der Waals surface area contributed by atoms with Crippen molar-refractivity contribution in [2.24, 2.45) is 0 Å². The van der Waals surface area contributed by atoms with Crippen molar-refractivity contribution in [1.82, 2.24) is 19.5 Å². The van der Waals surface area contributed by atoms with Gasteiger partial charge in [-0.25, -0.2) is 15.0 Å². The lowest BCUT2D eigenvalue weighted by Gasteiger charge is -2.13. The molecule has 0 saturated carbocycles. The van der Waals surface area contributed by atoms with E-state index in [1.165, 1.54) is 26.2 Å². The van der Waals surface area contributed by atoms with Crippen LogP contribution in [0.15, 0.2) is 162 Å². The van der Waals surface area contributed by atoms with Crippen LogP contribution in [0.4, 0.5) is 0 Å². The number of aromatic nitrogens is 4. The van der Waals surface area contributed by atoms with Gasteiger partial charge in [-0.1, -0.05) is 115 Å². The van der Waals surface area contributed by atoms with Gasteiger partial charge in [0.05, 0.1) is 11.0 Å². The van der Waals surface area contributed by atoms with Crippen LogP contribution in [0.3, 0.4) is 0 Å². The zero-order valence-electron chi connectivity index (χ0n) is 27.1. The molecule has 0 aliphatic heterocycles. The molecule has 5 nitrogen and oxygen atoms in total. The molecule has 11 aromatic rings. The zero-order valence-corrected chi connectivity index (χ0v) is 27.9. The van der Waals surface area contributed by atoms with E-state index in [4.69, 9.17) is 19.4 Å². The van der Waals surface area contributed by atoms with E-state index >= 15 is 0 Å². The van der Waals surface area contributed by atoms with Crippen LogP contribution in [-0.2, 0) is 0 Å². The van der Waals surface area contributed by atoms with Gasteiger partial charge >= 0.3 is 0 Å². The highest BCUT2D eigenvalue weighted by Crippen LogP contribution is 2.45. The topological polar surface area (TPSA) is 56.7 Å². The van der Waals surface area contributed by atoms with Crippen molar-refractivity contribution in [3.63, 3.8) is 0 Å². The summed E-state index contributed by atoms with van der Waals surface area (Å²) < 4.78 is 11.1. The van der Waals surface area contributed by atoms with Gasteiger partial charge in [0.2, 0.25) is 0 Å². The fourth-order valence-corrected chi connectivity index (χ4v) is 8.78. The summed E-state index contributed by atoms with van der Waals surface area (Å²) in [7, 11) is 0. The molecule has 0 amide bonds. The van der Waals surface area contributed by atoms with Crippen LogP contribution in [0.2, 0.25) is 0 Å². The second-order valence-electron chi connectivity index (χ2n) is 12.8. The summed E-state index contributed by atoms with van der Waals surface area (Å²) in [5.74, 6) is 1.93. The molecule has 0 aliphatic carbocycles. The Balaban J connectivity index is 1.26. The molecule has 0 spiro atoms. The second-order valence-corrected chi connectivity index (χ2v) is 13.8. The van der Waals surface area contributed by atoms with Crippen molar-refractivity contribution < 1.29 is 4.42 Å². The number of benzene rings is 7. The van der Waals surface area contributed by atoms with Gasteiger partial charge in [-0.15, -0.1) is 11.3 Å². The number of para-hydroxylation sites is 2. The molecule has 7 aromatic carbocycles. The minimum atomic E-state index is 0.644. The van der Waals surface area contributed by atoms with E-state index in [1.807, 2.05) is 48.5 Å². The van der Waals surface area contributed by atoms with Crippen LogP contribution in [-0.4, -0.2) is 19.5 Å². The summed E-state index contributed by atoms with van der Waals surface area (Å²) in [4.78, 5) is 15.4. The molecule has 0 aliphatic rings. The Hall–Kier alpha value is -6.63. The summed E-state index contributed by atoms with van der Waals surface area (Å²) in [6.45, 7) is 0. The molecule has 0 unspecified atom stereocenters. The Morgan fingerprint density at radius 3 is 1.84 bits per heavy atom. The van der Waals surface area contributed by atoms with Crippen LogP contribution < -0.4 is 0 Å².